The van der Waals surface area contributed by atoms with Gasteiger partial charge in [0.1, 0.15) is 0 Å². The lowest BCUT2D eigenvalue weighted by Gasteiger charge is -2.27. The number of allylic oxidation sites excluding steroid dienone is 1. The molecule has 0 saturated carbocycles. The van der Waals surface area contributed by atoms with E-state index in [1.807, 2.05) is 21.7 Å². The zero-order valence-electron chi connectivity index (χ0n) is 15.8. The van der Waals surface area contributed by atoms with E-state index in [9.17, 15) is 4.79 Å². The minimum absolute atomic E-state index is 0.0213. The maximum atomic E-state index is 13.1. The summed E-state index contributed by atoms with van der Waals surface area (Å²) in [4.78, 5) is 16.2. The number of aromatic nitrogens is 2. The second-order valence-electron chi connectivity index (χ2n) is 7.18. The number of amides is 1. The Labute approximate surface area is 174 Å². The van der Waals surface area contributed by atoms with Gasteiger partial charge in [0.05, 0.1) is 24.1 Å². The number of thiophene rings is 1. The fourth-order valence-electron chi connectivity index (χ4n) is 3.92. The van der Waals surface area contributed by atoms with E-state index in [-0.39, 0.29) is 5.91 Å². The van der Waals surface area contributed by atoms with Crippen LogP contribution in [0.1, 0.15) is 33.0 Å². The summed E-state index contributed by atoms with van der Waals surface area (Å²) in [5, 5.41) is 8.31. The molecule has 0 aromatic carbocycles. The summed E-state index contributed by atoms with van der Waals surface area (Å²) in [6, 6.07) is 4.32. The first kappa shape index (κ1) is 19.6. The smallest absolute Gasteiger partial charge is 0.274 e. The fourth-order valence-corrected chi connectivity index (χ4v) is 4.95. The molecule has 1 amide bonds. The molecule has 2 aromatic rings. The van der Waals surface area contributed by atoms with Gasteiger partial charge in [-0.1, -0.05) is 17.7 Å². The van der Waals surface area contributed by atoms with E-state index in [4.69, 9.17) is 16.3 Å². The van der Waals surface area contributed by atoms with Crippen molar-refractivity contribution in [1.82, 2.24) is 20.0 Å². The Kier molecular flexibility index (Phi) is 6.16. The topological polar surface area (TPSA) is 59.4 Å². The van der Waals surface area contributed by atoms with E-state index >= 15 is 0 Å². The van der Waals surface area contributed by atoms with Crippen LogP contribution in [0.15, 0.2) is 24.8 Å². The summed E-state index contributed by atoms with van der Waals surface area (Å²) in [5.41, 5.74) is 2.87. The number of fused-ring (bicyclic) bond motifs is 1. The van der Waals surface area contributed by atoms with Crippen molar-refractivity contribution in [2.45, 2.75) is 38.4 Å². The Morgan fingerprint density at radius 1 is 1.43 bits per heavy atom. The second kappa shape index (κ2) is 8.78. The molecule has 6 nitrogen and oxygen atoms in total. The van der Waals surface area contributed by atoms with Crippen molar-refractivity contribution in [3.63, 3.8) is 0 Å². The van der Waals surface area contributed by atoms with Crippen molar-refractivity contribution in [2.24, 2.45) is 0 Å². The van der Waals surface area contributed by atoms with Gasteiger partial charge in [0.2, 0.25) is 0 Å². The van der Waals surface area contributed by atoms with Crippen LogP contribution in [0.4, 0.5) is 0 Å². The molecule has 1 fully saturated rings. The lowest BCUT2D eigenvalue weighted by atomic mass is 9.91. The summed E-state index contributed by atoms with van der Waals surface area (Å²) in [5.74, 6) is 0.0213. The number of morpholine rings is 1. The molecule has 0 radical (unpaired) electrons. The molecule has 8 heteroatoms. The van der Waals surface area contributed by atoms with E-state index in [1.165, 1.54) is 10.6 Å². The Hall–Kier alpha value is -1.67. The molecule has 150 valence electrons. The van der Waals surface area contributed by atoms with Gasteiger partial charge in [-0.25, -0.2) is 0 Å². The van der Waals surface area contributed by atoms with E-state index in [0.717, 1.165) is 35.7 Å². The lowest BCUT2D eigenvalue weighted by molar-refractivity contribution is 0.0297. The van der Waals surface area contributed by atoms with Gasteiger partial charge in [-0.05, 0) is 31.4 Å². The monoisotopic (exact) mass is 420 g/mol. The van der Waals surface area contributed by atoms with Crippen LogP contribution in [0.25, 0.3) is 0 Å². The summed E-state index contributed by atoms with van der Waals surface area (Å²) in [7, 11) is 0. The molecule has 0 bridgehead atoms. The van der Waals surface area contributed by atoms with Crippen molar-refractivity contribution in [3.05, 3.63) is 51.0 Å². The highest BCUT2D eigenvalue weighted by Crippen LogP contribution is 2.27. The standard InChI is InChI=1S/C20H25ClN4O2S/c1-2-7-25-17-5-3-14(22-13-15-4-6-18(21)28-15)12-16(17)19(23-25)20(26)24-8-10-27-11-9-24/h2,4,6,14,22H,1,3,5,7-13H2/t14-/m1/s1. The quantitative estimate of drug-likeness (QED) is 0.730. The predicted molar refractivity (Wildman–Crippen MR) is 111 cm³/mol. The van der Waals surface area contributed by atoms with E-state index in [1.54, 1.807) is 11.3 Å². The van der Waals surface area contributed by atoms with Gasteiger partial charge < -0.3 is 15.0 Å². The maximum absolute atomic E-state index is 13.1. The normalized spacial score (nSPS) is 19.5. The molecule has 1 aliphatic carbocycles. The van der Waals surface area contributed by atoms with Crippen LogP contribution in [-0.4, -0.2) is 52.9 Å². The molecule has 1 saturated heterocycles. The number of nitrogens with zero attached hydrogens (tertiary/aromatic N) is 3. The highest BCUT2D eigenvalue weighted by Gasteiger charge is 2.31. The predicted octanol–water partition coefficient (Wildman–Crippen LogP) is 2.90. The first-order valence-electron chi connectivity index (χ1n) is 9.69. The molecule has 2 aromatic heterocycles. The third-order valence-corrected chi connectivity index (χ3v) is 6.57. The molecule has 1 N–H and O–H groups in total. The first-order valence-corrected chi connectivity index (χ1v) is 10.9. The average molecular weight is 421 g/mol. The number of halogens is 1. The largest absolute Gasteiger partial charge is 0.378 e. The van der Waals surface area contributed by atoms with Crippen LogP contribution < -0.4 is 5.32 Å². The highest BCUT2D eigenvalue weighted by atomic mass is 35.5. The molecule has 2 aliphatic rings. The molecule has 1 atom stereocenters. The number of carbonyl (C=O) groups is 1. The van der Waals surface area contributed by atoms with Crippen molar-refractivity contribution in [1.29, 1.82) is 0 Å². The maximum Gasteiger partial charge on any atom is 0.274 e. The Balaban J connectivity index is 1.52. The Bertz CT molecular complexity index is 857. The number of rotatable bonds is 6. The third-order valence-electron chi connectivity index (χ3n) is 5.34. The van der Waals surface area contributed by atoms with Gasteiger partial charge in [0, 0.05) is 41.8 Å². The molecule has 0 spiro atoms. The zero-order chi connectivity index (χ0) is 19.5. The third kappa shape index (κ3) is 4.17. The number of hydrogen-bond acceptors (Lipinski definition) is 5. The Morgan fingerprint density at radius 3 is 2.96 bits per heavy atom. The summed E-state index contributed by atoms with van der Waals surface area (Å²) < 4.78 is 8.15. The van der Waals surface area contributed by atoms with Crippen LogP contribution in [-0.2, 0) is 30.7 Å². The van der Waals surface area contributed by atoms with Gasteiger partial charge in [0.25, 0.3) is 5.91 Å². The van der Waals surface area contributed by atoms with Crippen LogP contribution in [0, 0.1) is 0 Å². The van der Waals surface area contributed by atoms with Crippen LogP contribution in [0.3, 0.4) is 0 Å². The molecule has 1 aliphatic heterocycles. The van der Waals surface area contributed by atoms with E-state index in [0.29, 0.717) is 44.6 Å². The average Bonchev–Trinajstić information content (AvgIpc) is 3.30. The molecular weight excluding hydrogens is 396 g/mol. The van der Waals surface area contributed by atoms with Gasteiger partial charge in [-0.2, -0.15) is 5.10 Å². The lowest BCUT2D eigenvalue weighted by Crippen LogP contribution is -2.41. The second-order valence-corrected chi connectivity index (χ2v) is 8.98. The van der Waals surface area contributed by atoms with Gasteiger partial charge in [-0.15, -0.1) is 17.9 Å². The van der Waals surface area contributed by atoms with Crippen molar-refractivity contribution in [3.8, 4) is 0 Å². The van der Waals surface area contributed by atoms with E-state index in [2.05, 4.69) is 23.1 Å². The summed E-state index contributed by atoms with van der Waals surface area (Å²) >= 11 is 7.63. The minimum Gasteiger partial charge on any atom is -0.378 e. The van der Waals surface area contributed by atoms with Crippen molar-refractivity contribution < 1.29 is 9.53 Å². The highest BCUT2D eigenvalue weighted by molar-refractivity contribution is 7.16. The number of hydrogen-bond donors (Lipinski definition) is 1. The zero-order valence-corrected chi connectivity index (χ0v) is 17.4. The van der Waals surface area contributed by atoms with Gasteiger partial charge in [-0.3, -0.25) is 9.48 Å². The summed E-state index contributed by atoms with van der Waals surface area (Å²) in [6.45, 7) is 7.70. The van der Waals surface area contributed by atoms with Crippen molar-refractivity contribution >= 4 is 28.8 Å². The molecule has 28 heavy (non-hydrogen) atoms. The molecule has 0 unspecified atom stereocenters. The van der Waals surface area contributed by atoms with Gasteiger partial charge in [0.15, 0.2) is 5.69 Å². The van der Waals surface area contributed by atoms with Crippen LogP contribution >= 0.6 is 22.9 Å². The number of carbonyl (C=O) groups excluding carboxylic acids is 1. The molecular formula is C20H25ClN4O2S. The minimum atomic E-state index is 0.0213. The summed E-state index contributed by atoms with van der Waals surface area (Å²) in [6.07, 6.45) is 4.59. The molecule has 3 heterocycles. The number of nitrogens with one attached hydrogen (secondary N) is 1. The van der Waals surface area contributed by atoms with E-state index < -0.39 is 0 Å². The SMILES string of the molecule is C=CCn1nc(C(=O)N2CCOCC2)c2c1CC[C@@H](NCc1ccc(Cl)s1)C2. The number of ether oxygens (including phenoxy) is 1. The van der Waals surface area contributed by atoms with Crippen LogP contribution in [0.2, 0.25) is 4.34 Å². The van der Waals surface area contributed by atoms with Gasteiger partial charge >= 0.3 is 0 Å². The Morgan fingerprint density at radius 2 is 2.25 bits per heavy atom. The molecule has 4 rings (SSSR count). The fraction of sp³-hybridized carbons (Fsp3) is 0.500. The first-order chi connectivity index (χ1) is 13.7. The van der Waals surface area contributed by atoms with Crippen LogP contribution in [0.5, 0.6) is 0 Å². The van der Waals surface area contributed by atoms with Crippen molar-refractivity contribution in [2.75, 3.05) is 26.3 Å².